The molecule has 0 saturated carbocycles. The molecule has 0 aliphatic heterocycles. The van der Waals surface area contributed by atoms with Crippen LogP contribution in [0.3, 0.4) is 0 Å². The number of hydrogen-bond acceptors (Lipinski definition) is 3. The lowest BCUT2D eigenvalue weighted by atomic mass is 10.1. The number of carbonyl (C=O) groups is 1. The summed E-state index contributed by atoms with van der Waals surface area (Å²) in [6.07, 6.45) is -0.662. The molecule has 0 bridgehead atoms. The number of primary amides is 1. The Kier molecular flexibility index (Phi) is 4.11. The van der Waals surface area contributed by atoms with E-state index in [1.165, 1.54) is 0 Å². The molecule has 0 heterocycles. The van der Waals surface area contributed by atoms with Crippen LogP contribution in [0.15, 0.2) is 22.7 Å². The van der Waals surface area contributed by atoms with E-state index in [0.717, 1.165) is 4.47 Å². The predicted molar refractivity (Wildman–Crippen MR) is 59.5 cm³/mol. The molecule has 0 spiro atoms. The average molecular weight is 274 g/mol. The van der Waals surface area contributed by atoms with Crippen LogP contribution in [0.25, 0.3) is 0 Å². The number of benzene rings is 1. The van der Waals surface area contributed by atoms with Crippen LogP contribution in [0.2, 0.25) is 0 Å². The Morgan fingerprint density at radius 1 is 1.67 bits per heavy atom. The molecule has 0 aromatic heterocycles. The van der Waals surface area contributed by atoms with Crippen LogP contribution >= 0.6 is 15.9 Å². The molecule has 1 atom stereocenters. The lowest BCUT2D eigenvalue weighted by molar-refractivity contribution is -0.120. The van der Waals surface area contributed by atoms with Crippen LogP contribution in [0.5, 0.6) is 5.75 Å². The number of nitrogens with two attached hydrogens (primary N) is 1. The van der Waals surface area contributed by atoms with Crippen molar-refractivity contribution in [2.24, 2.45) is 5.73 Å². The summed E-state index contributed by atoms with van der Waals surface area (Å²) in [7, 11) is 0. The van der Waals surface area contributed by atoms with Gasteiger partial charge in [0, 0.05) is 10.0 Å². The summed E-state index contributed by atoms with van der Waals surface area (Å²) < 4.78 is 6.00. The average Bonchev–Trinajstić information content (AvgIpc) is 2.15. The van der Waals surface area contributed by atoms with Gasteiger partial charge in [-0.2, -0.15) is 0 Å². The molecule has 1 aromatic rings. The number of halogens is 1. The molecule has 0 aliphatic rings. The Balaban J connectivity index is 2.90. The van der Waals surface area contributed by atoms with E-state index in [2.05, 4.69) is 15.9 Å². The molecule has 1 rings (SSSR count). The Bertz CT molecular complexity index is 366. The molecular weight excluding hydrogens is 262 g/mol. The first-order valence-electron chi connectivity index (χ1n) is 4.39. The number of ether oxygens (including phenoxy) is 1. The molecule has 0 fully saturated rings. The van der Waals surface area contributed by atoms with Crippen LogP contribution in [0.4, 0.5) is 0 Å². The van der Waals surface area contributed by atoms with E-state index in [4.69, 9.17) is 10.5 Å². The SMILES string of the molecule is CC(O)c1cc(Br)ccc1OCC(N)=O. The molecule has 3 N–H and O–H groups in total. The molecule has 82 valence electrons. The number of aliphatic hydroxyl groups is 1. The maximum atomic E-state index is 10.5. The van der Waals surface area contributed by atoms with E-state index in [-0.39, 0.29) is 6.61 Å². The Hall–Kier alpha value is -1.07. The second-order valence-corrected chi connectivity index (χ2v) is 4.03. The molecule has 0 radical (unpaired) electrons. The van der Waals surface area contributed by atoms with Crippen molar-refractivity contribution in [3.05, 3.63) is 28.2 Å². The fourth-order valence-corrected chi connectivity index (χ4v) is 1.50. The number of amides is 1. The van der Waals surface area contributed by atoms with E-state index in [1.807, 2.05) is 0 Å². The minimum atomic E-state index is -0.662. The smallest absolute Gasteiger partial charge is 0.255 e. The van der Waals surface area contributed by atoms with Gasteiger partial charge in [-0.05, 0) is 25.1 Å². The Labute approximate surface area is 96.2 Å². The number of hydrogen-bond donors (Lipinski definition) is 2. The minimum absolute atomic E-state index is 0.193. The highest BCUT2D eigenvalue weighted by molar-refractivity contribution is 9.10. The summed E-state index contributed by atoms with van der Waals surface area (Å²) in [5, 5.41) is 9.48. The van der Waals surface area contributed by atoms with Crippen molar-refractivity contribution in [1.29, 1.82) is 0 Å². The monoisotopic (exact) mass is 273 g/mol. The van der Waals surface area contributed by atoms with E-state index in [1.54, 1.807) is 25.1 Å². The van der Waals surface area contributed by atoms with E-state index in [9.17, 15) is 9.90 Å². The van der Waals surface area contributed by atoms with E-state index < -0.39 is 12.0 Å². The molecular formula is C10H12BrNO3. The van der Waals surface area contributed by atoms with Gasteiger partial charge in [0.05, 0.1) is 6.10 Å². The molecule has 15 heavy (non-hydrogen) atoms. The van der Waals surface area contributed by atoms with Gasteiger partial charge in [0.2, 0.25) is 0 Å². The fourth-order valence-electron chi connectivity index (χ4n) is 1.13. The molecule has 4 nitrogen and oxygen atoms in total. The zero-order valence-electron chi connectivity index (χ0n) is 8.24. The van der Waals surface area contributed by atoms with Crippen LogP contribution in [0.1, 0.15) is 18.6 Å². The third-order valence-corrected chi connectivity index (χ3v) is 2.29. The van der Waals surface area contributed by atoms with Gasteiger partial charge in [-0.15, -0.1) is 0 Å². The van der Waals surface area contributed by atoms with Crippen molar-refractivity contribution in [1.82, 2.24) is 0 Å². The van der Waals surface area contributed by atoms with Crippen LogP contribution < -0.4 is 10.5 Å². The Morgan fingerprint density at radius 2 is 2.33 bits per heavy atom. The van der Waals surface area contributed by atoms with Crippen LogP contribution in [-0.4, -0.2) is 17.6 Å². The highest BCUT2D eigenvalue weighted by atomic mass is 79.9. The summed E-state index contributed by atoms with van der Waals surface area (Å²) >= 11 is 3.29. The predicted octanol–water partition coefficient (Wildman–Crippen LogP) is 1.37. The van der Waals surface area contributed by atoms with Gasteiger partial charge in [-0.25, -0.2) is 0 Å². The molecule has 0 aliphatic carbocycles. The van der Waals surface area contributed by atoms with Crippen molar-refractivity contribution in [3.8, 4) is 5.75 Å². The zero-order chi connectivity index (χ0) is 11.4. The first-order chi connectivity index (χ1) is 7.00. The second-order valence-electron chi connectivity index (χ2n) is 3.11. The normalized spacial score (nSPS) is 12.2. The summed E-state index contributed by atoms with van der Waals surface area (Å²) in [4.78, 5) is 10.5. The third-order valence-electron chi connectivity index (χ3n) is 1.79. The molecule has 1 aromatic carbocycles. The number of rotatable bonds is 4. The molecule has 0 saturated heterocycles. The van der Waals surface area contributed by atoms with Crippen molar-refractivity contribution >= 4 is 21.8 Å². The van der Waals surface area contributed by atoms with Gasteiger partial charge in [0.1, 0.15) is 5.75 Å². The quantitative estimate of drug-likeness (QED) is 0.870. The highest BCUT2D eigenvalue weighted by Gasteiger charge is 2.10. The van der Waals surface area contributed by atoms with Gasteiger partial charge >= 0.3 is 0 Å². The first kappa shape index (κ1) is 12.0. The zero-order valence-corrected chi connectivity index (χ0v) is 9.82. The van der Waals surface area contributed by atoms with E-state index in [0.29, 0.717) is 11.3 Å². The standard InChI is InChI=1S/C10H12BrNO3/c1-6(13)8-4-7(11)2-3-9(8)15-5-10(12)14/h2-4,6,13H,5H2,1H3,(H2,12,14). The topological polar surface area (TPSA) is 72.6 Å². The minimum Gasteiger partial charge on any atom is -0.483 e. The van der Waals surface area contributed by atoms with Gasteiger partial charge < -0.3 is 15.6 Å². The summed E-state index contributed by atoms with van der Waals surface area (Å²) in [6, 6.07) is 5.18. The van der Waals surface area contributed by atoms with Crippen molar-refractivity contribution in [3.63, 3.8) is 0 Å². The van der Waals surface area contributed by atoms with Crippen molar-refractivity contribution in [2.75, 3.05) is 6.61 Å². The van der Waals surface area contributed by atoms with Gasteiger partial charge in [0.15, 0.2) is 6.61 Å². The van der Waals surface area contributed by atoms with E-state index >= 15 is 0 Å². The van der Waals surface area contributed by atoms with Gasteiger partial charge in [-0.3, -0.25) is 4.79 Å². The maximum absolute atomic E-state index is 10.5. The van der Waals surface area contributed by atoms with Gasteiger partial charge in [0.25, 0.3) is 5.91 Å². The molecule has 5 heteroatoms. The van der Waals surface area contributed by atoms with Crippen molar-refractivity contribution < 1.29 is 14.6 Å². The van der Waals surface area contributed by atoms with Crippen LogP contribution in [0, 0.1) is 0 Å². The molecule has 1 amide bonds. The van der Waals surface area contributed by atoms with Crippen molar-refractivity contribution in [2.45, 2.75) is 13.0 Å². The largest absolute Gasteiger partial charge is 0.483 e. The molecule has 1 unspecified atom stereocenters. The number of aliphatic hydroxyl groups excluding tert-OH is 1. The second kappa shape index (κ2) is 5.14. The summed E-state index contributed by atoms with van der Waals surface area (Å²) in [5.74, 6) is -0.0820. The Morgan fingerprint density at radius 3 is 2.87 bits per heavy atom. The lowest BCUT2D eigenvalue weighted by Crippen LogP contribution is -2.20. The first-order valence-corrected chi connectivity index (χ1v) is 5.18. The highest BCUT2D eigenvalue weighted by Crippen LogP contribution is 2.28. The van der Waals surface area contributed by atoms with Crippen LogP contribution in [-0.2, 0) is 4.79 Å². The lowest BCUT2D eigenvalue weighted by Gasteiger charge is -2.12. The number of carbonyl (C=O) groups excluding carboxylic acids is 1. The van der Waals surface area contributed by atoms with Gasteiger partial charge in [-0.1, -0.05) is 15.9 Å². The third kappa shape index (κ3) is 3.53. The fraction of sp³-hybridized carbons (Fsp3) is 0.300. The summed E-state index contributed by atoms with van der Waals surface area (Å²) in [5.41, 5.74) is 5.58. The summed E-state index contributed by atoms with van der Waals surface area (Å²) in [6.45, 7) is 1.43. The maximum Gasteiger partial charge on any atom is 0.255 e.